The van der Waals surface area contributed by atoms with E-state index < -0.39 is 0 Å². The van der Waals surface area contributed by atoms with E-state index in [0.29, 0.717) is 0 Å². The Bertz CT molecular complexity index is 969. The zero-order chi connectivity index (χ0) is 18.1. The van der Waals surface area contributed by atoms with E-state index in [1.807, 2.05) is 12.1 Å². The minimum Gasteiger partial charge on any atom is -0.356 e. The fourth-order valence-electron chi connectivity index (χ4n) is 4.00. The van der Waals surface area contributed by atoms with E-state index in [4.69, 9.17) is 4.74 Å². The quantitative estimate of drug-likeness (QED) is 0.406. The van der Waals surface area contributed by atoms with Crippen molar-refractivity contribution in [2.45, 2.75) is 12.2 Å². The Morgan fingerprint density at radius 3 is 1.37 bits per heavy atom. The van der Waals surface area contributed by atoms with Gasteiger partial charge in [0.05, 0.1) is 0 Å². The largest absolute Gasteiger partial charge is 0.356 e. The molecule has 1 nitrogen and oxygen atoms in total. The molecule has 0 fully saturated rings. The first-order valence-electron chi connectivity index (χ1n) is 9.35. The predicted molar refractivity (Wildman–Crippen MR) is 110 cm³/mol. The Kier molecular flexibility index (Phi) is 4.08. The second-order valence-corrected chi connectivity index (χ2v) is 6.89. The molecule has 1 aliphatic rings. The fourth-order valence-corrected chi connectivity index (χ4v) is 4.00. The molecule has 0 saturated carbocycles. The summed E-state index contributed by atoms with van der Waals surface area (Å²) in [5.41, 5.74) is 7.39. The van der Waals surface area contributed by atoms with E-state index in [0.717, 1.165) is 0 Å². The summed E-state index contributed by atoms with van der Waals surface area (Å²) in [5.74, 6) is 0. The molecular weight excluding hydrogens is 328 g/mol. The lowest BCUT2D eigenvalue weighted by molar-refractivity contribution is 0.0333. The number of fused-ring (bicyclic) bond motifs is 3. The van der Waals surface area contributed by atoms with Crippen molar-refractivity contribution in [3.05, 3.63) is 131 Å². The average molecular weight is 348 g/mol. The molecule has 0 spiro atoms. The Balaban J connectivity index is 1.61. The van der Waals surface area contributed by atoms with Gasteiger partial charge >= 0.3 is 0 Å². The average Bonchev–Trinajstić information content (AvgIpc) is 3.07. The summed E-state index contributed by atoms with van der Waals surface area (Å²) < 4.78 is 6.84. The van der Waals surface area contributed by atoms with E-state index in [9.17, 15) is 0 Å². The smallest absolute Gasteiger partial charge is 0.110 e. The molecule has 4 aromatic rings. The molecule has 5 rings (SSSR count). The SMILES string of the molecule is c1ccc(C(OC2c3ccccc3-c3ccccc32)c2ccccc2)cc1. The van der Waals surface area contributed by atoms with Crippen LogP contribution in [0.1, 0.15) is 34.5 Å². The van der Waals surface area contributed by atoms with Gasteiger partial charge in [0.1, 0.15) is 12.2 Å². The Morgan fingerprint density at radius 1 is 0.481 bits per heavy atom. The van der Waals surface area contributed by atoms with Crippen LogP contribution < -0.4 is 0 Å². The highest BCUT2D eigenvalue weighted by Crippen LogP contribution is 2.47. The highest BCUT2D eigenvalue weighted by Gasteiger charge is 2.31. The zero-order valence-corrected chi connectivity index (χ0v) is 15.0. The molecule has 0 radical (unpaired) electrons. The van der Waals surface area contributed by atoms with Crippen molar-refractivity contribution in [2.75, 3.05) is 0 Å². The minimum atomic E-state index is -0.114. The monoisotopic (exact) mass is 348 g/mol. The van der Waals surface area contributed by atoms with Crippen molar-refractivity contribution in [3.8, 4) is 11.1 Å². The molecule has 0 heterocycles. The van der Waals surface area contributed by atoms with E-state index in [2.05, 4.69) is 97.1 Å². The van der Waals surface area contributed by atoms with Gasteiger partial charge in [-0.15, -0.1) is 0 Å². The van der Waals surface area contributed by atoms with Crippen molar-refractivity contribution in [3.63, 3.8) is 0 Å². The molecule has 1 aliphatic carbocycles. The van der Waals surface area contributed by atoms with Crippen molar-refractivity contribution >= 4 is 0 Å². The molecule has 0 aromatic heterocycles. The molecule has 0 amide bonds. The van der Waals surface area contributed by atoms with Crippen molar-refractivity contribution in [1.29, 1.82) is 0 Å². The van der Waals surface area contributed by atoms with Crippen LogP contribution in [0.4, 0.5) is 0 Å². The third-order valence-corrected chi connectivity index (χ3v) is 5.25. The molecule has 0 bridgehead atoms. The van der Waals surface area contributed by atoms with Gasteiger partial charge in [0.2, 0.25) is 0 Å². The molecule has 0 saturated heterocycles. The predicted octanol–water partition coefficient (Wildman–Crippen LogP) is 6.56. The molecule has 130 valence electrons. The summed E-state index contributed by atoms with van der Waals surface area (Å²) in [6.45, 7) is 0. The third kappa shape index (κ3) is 2.87. The van der Waals surface area contributed by atoms with E-state index in [1.54, 1.807) is 0 Å². The number of ether oxygens (including phenoxy) is 1. The topological polar surface area (TPSA) is 9.23 Å². The van der Waals surface area contributed by atoms with Crippen LogP contribution in [0.5, 0.6) is 0 Å². The second-order valence-electron chi connectivity index (χ2n) is 6.89. The lowest BCUT2D eigenvalue weighted by atomic mass is 10.00. The maximum absolute atomic E-state index is 6.84. The molecule has 0 atom stereocenters. The molecule has 4 aromatic carbocycles. The molecular formula is C26H20O. The third-order valence-electron chi connectivity index (χ3n) is 5.25. The maximum Gasteiger partial charge on any atom is 0.110 e. The van der Waals surface area contributed by atoms with Gasteiger partial charge in [0.25, 0.3) is 0 Å². The van der Waals surface area contributed by atoms with Gasteiger partial charge in [-0.3, -0.25) is 0 Å². The van der Waals surface area contributed by atoms with Gasteiger partial charge in [-0.1, -0.05) is 109 Å². The summed E-state index contributed by atoms with van der Waals surface area (Å²) in [6, 6.07) is 38.1. The normalized spacial score (nSPS) is 12.8. The van der Waals surface area contributed by atoms with Gasteiger partial charge in [-0.2, -0.15) is 0 Å². The first-order valence-corrected chi connectivity index (χ1v) is 9.35. The number of hydrogen-bond donors (Lipinski definition) is 0. The second kappa shape index (κ2) is 6.86. The molecule has 0 aliphatic heterocycles. The van der Waals surface area contributed by atoms with Crippen LogP contribution in [0.2, 0.25) is 0 Å². The first kappa shape index (κ1) is 16.0. The fraction of sp³-hybridized carbons (Fsp3) is 0.0769. The number of rotatable bonds is 4. The van der Waals surface area contributed by atoms with Crippen molar-refractivity contribution in [2.24, 2.45) is 0 Å². The lowest BCUT2D eigenvalue weighted by Crippen LogP contribution is -2.11. The highest BCUT2D eigenvalue weighted by atomic mass is 16.5. The summed E-state index contributed by atoms with van der Waals surface area (Å²) >= 11 is 0. The van der Waals surface area contributed by atoms with Crippen molar-refractivity contribution < 1.29 is 4.74 Å². The van der Waals surface area contributed by atoms with Crippen LogP contribution in [0.3, 0.4) is 0 Å². The molecule has 0 N–H and O–H groups in total. The van der Waals surface area contributed by atoms with Crippen LogP contribution in [-0.2, 0) is 4.74 Å². The van der Waals surface area contributed by atoms with Crippen LogP contribution in [-0.4, -0.2) is 0 Å². The Labute approximate surface area is 159 Å². The standard InChI is InChI=1S/C26H20O/c1-3-11-19(12-4-1)25(20-13-5-2-6-14-20)27-26-23-17-9-7-15-21(23)22-16-8-10-18-24(22)26/h1-18,25-26H. The van der Waals surface area contributed by atoms with Crippen LogP contribution in [0.15, 0.2) is 109 Å². The van der Waals surface area contributed by atoms with Gasteiger partial charge in [0, 0.05) is 0 Å². The van der Waals surface area contributed by atoms with Gasteiger partial charge in [0.15, 0.2) is 0 Å². The number of benzene rings is 4. The Hall–Kier alpha value is -3.16. The zero-order valence-electron chi connectivity index (χ0n) is 15.0. The summed E-state index contributed by atoms with van der Waals surface area (Å²) in [7, 11) is 0. The summed E-state index contributed by atoms with van der Waals surface area (Å²) in [5, 5.41) is 0. The summed E-state index contributed by atoms with van der Waals surface area (Å²) in [4.78, 5) is 0. The highest BCUT2D eigenvalue weighted by molar-refractivity contribution is 5.78. The van der Waals surface area contributed by atoms with Crippen LogP contribution in [0.25, 0.3) is 11.1 Å². The van der Waals surface area contributed by atoms with Crippen LogP contribution >= 0.6 is 0 Å². The van der Waals surface area contributed by atoms with E-state index in [1.165, 1.54) is 33.4 Å². The molecule has 0 unspecified atom stereocenters. The van der Waals surface area contributed by atoms with Gasteiger partial charge < -0.3 is 4.74 Å². The first-order chi connectivity index (χ1) is 13.4. The molecule has 1 heteroatoms. The van der Waals surface area contributed by atoms with Gasteiger partial charge in [-0.25, -0.2) is 0 Å². The van der Waals surface area contributed by atoms with E-state index >= 15 is 0 Å². The van der Waals surface area contributed by atoms with E-state index in [-0.39, 0.29) is 12.2 Å². The van der Waals surface area contributed by atoms with Gasteiger partial charge in [-0.05, 0) is 33.4 Å². The van der Waals surface area contributed by atoms with Crippen LogP contribution in [0, 0.1) is 0 Å². The minimum absolute atomic E-state index is 0.0668. The Morgan fingerprint density at radius 2 is 0.889 bits per heavy atom. The number of hydrogen-bond acceptors (Lipinski definition) is 1. The maximum atomic E-state index is 6.84. The van der Waals surface area contributed by atoms with Crippen molar-refractivity contribution in [1.82, 2.24) is 0 Å². The lowest BCUT2D eigenvalue weighted by Gasteiger charge is -2.24. The summed E-state index contributed by atoms with van der Waals surface area (Å²) in [6.07, 6.45) is -0.181. The molecule has 27 heavy (non-hydrogen) atoms.